The first-order valence-corrected chi connectivity index (χ1v) is 12.8. The molecule has 2 heterocycles. The van der Waals surface area contributed by atoms with Gasteiger partial charge in [-0.2, -0.15) is 0 Å². The summed E-state index contributed by atoms with van der Waals surface area (Å²) in [5, 5.41) is 0. The van der Waals surface area contributed by atoms with Crippen LogP contribution in [0.3, 0.4) is 0 Å². The molecule has 2 fully saturated rings. The first-order valence-electron chi connectivity index (χ1n) is 12.8. The molecule has 5 nitrogen and oxygen atoms in total. The Morgan fingerprint density at radius 1 is 1.10 bits per heavy atom. The van der Waals surface area contributed by atoms with Crippen LogP contribution < -0.4 is 0 Å². The zero-order valence-corrected chi connectivity index (χ0v) is 19.6. The fourth-order valence-corrected chi connectivity index (χ4v) is 6.01. The third kappa shape index (κ3) is 5.12. The van der Waals surface area contributed by atoms with E-state index in [1.165, 1.54) is 70.6 Å². The molecule has 0 spiro atoms. The van der Waals surface area contributed by atoms with Gasteiger partial charge < -0.3 is 9.47 Å². The number of fused-ring (bicyclic) bond motifs is 1. The molecule has 0 radical (unpaired) electrons. The molecule has 0 atom stereocenters. The summed E-state index contributed by atoms with van der Waals surface area (Å²) < 4.78 is 2.27. The molecule has 0 aliphatic heterocycles. The lowest BCUT2D eigenvalue weighted by molar-refractivity contribution is -0.134. The van der Waals surface area contributed by atoms with Gasteiger partial charge in [0.25, 0.3) is 0 Å². The Labute approximate surface area is 187 Å². The zero-order valence-electron chi connectivity index (χ0n) is 19.6. The maximum Gasteiger partial charge on any atom is 0.224 e. The third-order valence-electron chi connectivity index (χ3n) is 7.67. The van der Waals surface area contributed by atoms with Gasteiger partial charge in [-0.3, -0.25) is 4.79 Å². The van der Waals surface area contributed by atoms with E-state index in [0.29, 0.717) is 30.8 Å². The van der Waals surface area contributed by atoms with Crippen molar-refractivity contribution in [3.05, 3.63) is 24.2 Å². The average molecular weight is 425 g/mol. The van der Waals surface area contributed by atoms with Gasteiger partial charge in [0.2, 0.25) is 5.91 Å². The SMILES string of the molecule is CCC[C@H]1CC[C@H](c2nc3cccnc3n2CCC(=O)N(CC)C2CCCCC2)CC1. The second-order valence-electron chi connectivity index (χ2n) is 9.70. The number of hydrogen-bond donors (Lipinski definition) is 0. The predicted octanol–water partition coefficient (Wildman–Crippen LogP) is 6.08. The Hall–Kier alpha value is -1.91. The molecule has 0 N–H and O–H groups in total. The van der Waals surface area contributed by atoms with Crippen molar-refractivity contribution in [3.8, 4) is 0 Å². The molecule has 31 heavy (non-hydrogen) atoms. The Morgan fingerprint density at radius 3 is 2.58 bits per heavy atom. The first kappa shape index (κ1) is 22.3. The van der Waals surface area contributed by atoms with Crippen molar-refractivity contribution in [1.82, 2.24) is 19.4 Å². The zero-order chi connectivity index (χ0) is 21.6. The van der Waals surface area contributed by atoms with Crippen LogP contribution in [0.25, 0.3) is 11.2 Å². The molecule has 0 unspecified atom stereocenters. The molecular weight excluding hydrogens is 384 g/mol. The molecular formula is C26H40N4O. The van der Waals surface area contributed by atoms with E-state index < -0.39 is 0 Å². The minimum absolute atomic E-state index is 0.296. The summed E-state index contributed by atoms with van der Waals surface area (Å²) in [5.41, 5.74) is 1.92. The smallest absolute Gasteiger partial charge is 0.224 e. The van der Waals surface area contributed by atoms with E-state index in [1.54, 1.807) is 0 Å². The second kappa shape index (κ2) is 10.6. The van der Waals surface area contributed by atoms with Crippen LogP contribution in [0.2, 0.25) is 0 Å². The van der Waals surface area contributed by atoms with Gasteiger partial charge in [-0.1, -0.05) is 39.0 Å². The number of aromatic nitrogens is 3. The highest BCUT2D eigenvalue weighted by Gasteiger charge is 2.28. The minimum atomic E-state index is 0.296. The van der Waals surface area contributed by atoms with Gasteiger partial charge in [0.15, 0.2) is 5.65 Å². The molecule has 2 aliphatic rings. The van der Waals surface area contributed by atoms with E-state index in [-0.39, 0.29) is 0 Å². The normalized spacial score (nSPS) is 22.6. The van der Waals surface area contributed by atoms with Gasteiger partial charge in [-0.15, -0.1) is 0 Å². The molecule has 2 saturated carbocycles. The highest BCUT2D eigenvalue weighted by Crippen LogP contribution is 2.38. The number of pyridine rings is 1. The van der Waals surface area contributed by atoms with Crippen LogP contribution in [0.15, 0.2) is 18.3 Å². The van der Waals surface area contributed by atoms with Crippen molar-refractivity contribution >= 4 is 17.1 Å². The van der Waals surface area contributed by atoms with Crippen LogP contribution in [0.1, 0.15) is 103 Å². The van der Waals surface area contributed by atoms with Gasteiger partial charge in [-0.25, -0.2) is 9.97 Å². The largest absolute Gasteiger partial charge is 0.340 e. The minimum Gasteiger partial charge on any atom is -0.340 e. The summed E-state index contributed by atoms with van der Waals surface area (Å²) in [6.45, 7) is 5.93. The number of carbonyl (C=O) groups is 1. The number of carbonyl (C=O) groups excluding carboxylic acids is 1. The Bertz CT molecular complexity index is 846. The number of aryl methyl sites for hydroxylation is 1. The quantitative estimate of drug-likeness (QED) is 0.516. The van der Waals surface area contributed by atoms with Gasteiger partial charge in [0.1, 0.15) is 11.3 Å². The lowest BCUT2D eigenvalue weighted by Crippen LogP contribution is -2.41. The molecule has 1 amide bonds. The fraction of sp³-hybridized carbons (Fsp3) is 0.731. The van der Waals surface area contributed by atoms with Crippen molar-refractivity contribution in [1.29, 1.82) is 0 Å². The summed E-state index contributed by atoms with van der Waals surface area (Å²) in [6.07, 6.45) is 16.2. The van der Waals surface area contributed by atoms with Crippen molar-refractivity contribution < 1.29 is 4.79 Å². The van der Waals surface area contributed by atoms with Gasteiger partial charge >= 0.3 is 0 Å². The number of amides is 1. The molecule has 2 aromatic rings. The summed E-state index contributed by atoms with van der Waals surface area (Å²) in [4.78, 5) is 25.0. The van der Waals surface area contributed by atoms with E-state index in [0.717, 1.165) is 29.5 Å². The maximum atomic E-state index is 13.2. The first-order chi connectivity index (χ1) is 15.2. The molecule has 0 saturated heterocycles. The predicted molar refractivity (Wildman–Crippen MR) is 126 cm³/mol. The highest BCUT2D eigenvalue weighted by atomic mass is 16.2. The number of rotatable bonds is 8. The Morgan fingerprint density at radius 2 is 1.87 bits per heavy atom. The van der Waals surface area contributed by atoms with E-state index in [1.807, 2.05) is 12.3 Å². The summed E-state index contributed by atoms with van der Waals surface area (Å²) >= 11 is 0. The number of nitrogens with zero attached hydrogens (tertiary/aromatic N) is 4. The maximum absolute atomic E-state index is 13.2. The fourth-order valence-electron chi connectivity index (χ4n) is 6.01. The molecule has 0 bridgehead atoms. The van der Waals surface area contributed by atoms with Crippen LogP contribution in [0.5, 0.6) is 0 Å². The molecule has 170 valence electrons. The van der Waals surface area contributed by atoms with Crippen LogP contribution in [-0.4, -0.2) is 37.9 Å². The van der Waals surface area contributed by atoms with Crippen molar-refractivity contribution in [3.63, 3.8) is 0 Å². The lowest BCUT2D eigenvalue weighted by Gasteiger charge is -2.34. The Kier molecular flexibility index (Phi) is 7.62. The third-order valence-corrected chi connectivity index (χ3v) is 7.67. The lowest BCUT2D eigenvalue weighted by atomic mass is 9.80. The monoisotopic (exact) mass is 424 g/mol. The van der Waals surface area contributed by atoms with E-state index in [4.69, 9.17) is 4.98 Å². The van der Waals surface area contributed by atoms with Crippen LogP contribution >= 0.6 is 0 Å². The summed E-state index contributed by atoms with van der Waals surface area (Å²) in [7, 11) is 0. The molecule has 5 heteroatoms. The highest BCUT2D eigenvalue weighted by molar-refractivity contribution is 5.77. The number of imidazole rings is 1. The van der Waals surface area contributed by atoms with E-state index in [9.17, 15) is 4.79 Å². The van der Waals surface area contributed by atoms with E-state index >= 15 is 0 Å². The van der Waals surface area contributed by atoms with Crippen LogP contribution in [0.4, 0.5) is 0 Å². The van der Waals surface area contributed by atoms with Crippen LogP contribution in [0, 0.1) is 5.92 Å². The molecule has 2 aliphatic carbocycles. The van der Waals surface area contributed by atoms with Gasteiger partial charge in [0.05, 0.1) is 0 Å². The van der Waals surface area contributed by atoms with Gasteiger partial charge in [0, 0.05) is 37.7 Å². The number of hydrogen-bond acceptors (Lipinski definition) is 3. The summed E-state index contributed by atoms with van der Waals surface area (Å²) in [6, 6.07) is 4.47. The van der Waals surface area contributed by atoms with Crippen LogP contribution in [-0.2, 0) is 11.3 Å². The van der Waals surface area contributed by atoms with E-state index in [2.05, 4.69) is 34.4 Å². The molecule has 4 rings (SSSR count). The standard InChI is InChI=1S/C26H40N4O/c1-3-9-20-13-15-21(16-14-20)25-28-23-12-8-18-27-26(23)30(25)19-17-24(31)29(4-2)22-10-6-5-7-11-22/h8,12,18,20-22H,3-7,9-11,13-17,19H2,1-2H3/t20-,21-. The second-order valence-corrected chi connectivity index (χ2v) is 9.70. The average Bonchev–Trinajstić information content (AvgIpc) is 3.18. The molecule has 2 aromatic heterocycles. The Balaban J connectivity index is 1.49. The topological polar surface area (TPSA) is 51.0 Å². The van der Waals surface area contributed by atoms with Crippen molar-refractivity contribution in [2.45, 2.75) is 109 Å². The van der Waals surface area contributed by atoms with Crippen molar-refractivity contribution in [2.24, 2.45) is 5.92 Å². The van der Waals surface area contributed by atoms with Crippen molar-refractivity contribution in [2.75, 3.05) is 6.54 Å². The van der Waals surface area contributed by atoms with Gasteiger partial charge in [-0.05, 0) is 63.5 Å². The summed E-state index contributed by atoms with van der Waals surface area (Å²) in [5.74, 6) is 2.84. The molecule has 0 aromatic carbocycles.